The summed E-state index contributed by atoms with van der Waals surface area (Å²) in [5.41, 5.74) is 2.61. The number of alkyl halides is 2. The highest BCUT2D eigenvalue weighted by Crippen LogP contribution is 2.41. The maximum atomic E-state index is 12.8. The van der Waals surface area contributed by atoms with Crippen LogP contribution in [0.1, 0.15) is 41.4 Å². The normalized spacial score (nSPS) is 14.8. The molecule has 23 heavy (non-hydrogen) atoms. The standard InChI is InChI=1S/C14H13F3N4OS/c15-12-4-3-9(23-12)6-18-19-13(22)7-21-11(8-1-2-8)5-10(20-21)14(16)17/h3-6,8,14H,1-2,7H2,(H,19,22). The van der Waals surface area contributed by atoms with E-state index >= 15 is 0 Å². The lowest BCUT2D eigenvalue weighted by Crippen LogP contribution is -2.24. The number of amides is 1. The number of hydrogen-bond donors (Lipinski definition) is 1. The number of nitrogens with one attached hydrogen (secondary N) is 1. The second-order valence-electron chi connectivity index (χ2n) is 5.16. The van der Waals surface area contributed by atoms with Gasteiger partial charge in [0.15, 0.2) is 5.13 Å². The van der Waals surface area contributed by atoms with Crippen molar-refractivity contribution in [3.63, 3.8) is 0 Å². The van der Waals surface area contributed by atoms with Crippen molar-refractivity contribution >= 4 is 23.5 Å². The first-order valence-electron chi connectivity index (χ1n) is 6.96. The van der Waals surface area contributed by atoms with Gasteiger partial charge in [-0.3, -0.25) is 9.48 Å². The molecule has 0 unspecified atom stereocenters. The summed E-state index contributed by atoms with van der Waals surface area (Å²) in [4.78, 5) is 12.4. The summed E-state index contributed by atoms with van der Waals surface area (Å²) in [7, 11) is 0. The van der Waals surface area contributed by atoms with E-state index in [1.807, 2.05) is 0 Å². The molecular weight excluding hydrogens is 329 g/mol. The zero-order valence-electron chi connectivity index (χ0n) is 11.9. The Morgan fingerprint density at radius 2 is 2.30 bits per heavy atom. The lowest BCUT2D eigenvalue weighted by atomic mass is 10.2. The van der Waals surface area contributed by atoms with Gasteiger partial charge in [0.05, 0.1) is 11.1 Å². The molecular formula is C14H13F3N4OS. The molecule has 2 aromatic heterocycles. The van der Waals surface area contributed by atoms with E-state index in [1.54, 1.807) is 0 Å². The Morgan fingerprint density at radius 3 is 2.91 bits per heavy atom. The Morgan fingerprint density at radius 1 is 1.52 bits per heavy atom. The second-order valence-corrected chi connectivity index (χ2v) is 6.23. The van der Waals surface area contributed by atoms with Crippen molar-refractivity contribution in [3.8, 4) is 0 Å². The van der Waals surface area contributed by atoms with E-state index in [0.29, 0.717) is 10.6 Å². The zero-order chi connectivity index (χ0) is 16.4. The van der Waals surface area contributed by atoms with E-state index in [0.717, 1.165) is 24.2 Å². The number of hydrazone groups is 1. The molecule has 2 heterocycles. The van der Waals surface area contributed by atoms with Crippen LogP contribution in [-0.4, -0.2) is 21.9 Å². The topological polar surface area (TPSA) is 59.3 Å². The molecule has 0 bridgehead atoms. The lowest BCUT2D eigenvalue weighted by molar-refractivity contribution is -0.121. The predicted molar refractivity (Wildman–Crippen MR) is 79.2 cm³/mol. The lowest BCUT2D eigenvalue weighted by Gasteiger charge is -2.05. The molecule has 2 aromatic rings. The molecule has 5 nitrogen and oxygen atoms in total. The van der Waals surface area contributed by atoms with Crippen LogP contribution in [0, 0.1) is 5.13 Å². The fraction of sp³-hybridized carbons (Fsp3) is 0.357. The summed E-state index contributed by atoms with van der Waals surface area (Å²) in [5.74, 6) is -0.288. The summed E-state index contributed by atoms with van der Waals surface area (Å²) in [6.45, 7) is -0.186. The third-order valence-electron chi connectivity index (χ3n) is 3.32. The molecule has 0 spiro atoms. The maximum Gasteiger partial charge on any atom is 0.282 e. The molecule has 1 amide bonds. The Hall–Kier alpha value is -2.16. The molecule has 9 heteroatoms. The van der Waals surface area contributed by atoms with Crippen molar-refractivity contribution < 1.29 is 18.0 Å². The molecule has 0 saturated heterocycles. The average molecular weight is 342 g/mol. The van der Waals surface area contributed by atoms with E-state index in [2.05, 4.69) is 15.6 Å². The Balaban J connectivity index is 1.62. The minimum Gasteiger partial charge on any atom is -0.271 e. The number of thiophene rings is 1. The van der Waals surface area contributed by atoms with Crippen molar-refractivity contribution in [2.45, 2.75) is 31.7 Å². The van der Waals surface area contributed by atoms with Crippen molar-refractivity contribution in [1.82, 2.24) is 15.2 Å². The van der Waals surface area contributed by atoms with Gasteiger partial charge in [-0.2, -0.15) is 14.6 Å². The van der Waals surface area contributed by atoms with Gasteiger partial charge in [-0.25, -0.2) is 14.2 Å². The third-order valence-corrected chi connectivity index (χ3v) is 4.13. The highest BCUT2D eigenvalue weighted by atomic mass is 32.1. The molecule has 0 aliphatic heterocycles. The summed E-state index contributed by atoms with van der Waals surface area (Å²) in [6.07, 6.45) is 0.487. The summed E-state index contributed by atoms with van der Waals surface area (Å²) >= 11 is 0.896. The molecule has 122 valence electrons. The minimum absolute atomic E-state index is 0.186. The van der Waals surface area contributed by atoms with Gasteiger partial charge in [0.1, 0.15) is 12.2 Å². The average Bonchev–Trinajstić information content (AvgIpc) is 3.12. The van der Waals surface area contributed by atoms with Crippen molar-refractivity contribution in [3.05, 3.63) is 39.6 Å². The fourth-order valence-electron chi connectivity index (χ4n) is 2.13. The van der Waals surface area contributed by atoms with E-state index in [1.165, 1.54) is 29.1 Å². The van der Waals surface area contributed by atoms with Crippen LogP contribution in [0.3, 0.4) is 0 Å². The van der Waals surface area contributed by atoms with Crippen LogP contribution in [0.4, 0.5) is 13.2 Å². The number of nitrogens with zero attached hydrogens (tertiary/aromatic N) is 3. The molecule has 1 saturated carbocycles. The quantitative estimate of drug-likeness (QED) is 0.648. The monoisotopic (exact) mass is 342 g/mol. The molecule has 1 fully saturated rings. The van der Waals surface area contributed by atoms with E-state index in [4.69, 9.17) is 0 Å². The highest BCUT2D eigenvalue weighted by molar-refractivity contribution is 7.12. The zero-order valence-corrected chi connectivity index (χ0v) is 12.7. The molecule has 1 aliphatic rings. The van der Waals surface area contributed by atoms with Crippen LogP contribution >= 0.6 is 11.3 Å². The van der Waals surface area contributed by atoms with Crippen molar-refractivity contribution in [2.24, 2.45) is 5.10 Å². The van der Waals surface area contributed by atoms with Crippen LogP contribution in [0.15, 0.2) is 23.3 Å². The van der Waals surface area contributed by atoms with Gasteiger partial charge in [-0.1, -0.05) is 0 Å². The van der Waals surface area contributed by atoms with E-state index < -0.39 is 12.3 Å². The van der Waals surface area contributed by atoms with Gasteiger partial charge in [-0.15, -0.1) is 11.3 Å². The molecule has 0 radical (unpaired) electrons. The van der Waals surface area contributed by atoms with Crippen molar-refractivity contribution in [2.75, 3.05) is 0 Å². The minimum atomic E-state index is -2.66. The number of rotatable bonds is 6. The predicted octanol–water partition coefficient (Wildman–Crippen LogP) is 3.05. The van der Waals surface area contributed by atoms with Crippen molar-refractivity contribution in [1.29, 1.82) is 0 Å². The summed E-state index contributed by atoms with van der Waals surface area (Å²) in [5, 5.41) is 7.16. The van der Waals surface area contributed by atoms with Gasteiger partial charge in [0.2, 0.25) is 0 Å². The number of carbonyl (C=O) groups excluding carboxylic acids is 1. The molecule has 1 aliphatic carbocycles. The molecule has 0 aromatic carbocycles. The van der Waals surface area contributed by atoms with Gasteiger partial charge in [-0.05, 0) is 31.0 Å². The number of carbonyl (C=O) groups is 1. The molecule has 3 rings (SSSR count). The number of halogens is 3. The van der Waals surface area contributed by atoms with Gasteiger partial charge in [0, 0.05) is 11.6 Å². The maximum absolute atomic E-state index is 12.8. The van der Waals surface area contributed by atoms with Gasteiger partial charge < -0.3 is 0 Å². The second kappa shape index (κ2) is 6.53. The summed E-state index contributed by atoms with van der Waals surface area (Å²) < 4.78 is 39.6. The third kappa shape index (κ3) is 3.98. The first kappa shape index (κ1) is 15.7. The van der Waals surface area contributed by atoms with Gasteiger partial charge in [0.25, 0.3) is 12.3 Å². The van der Waals surface area contributed by atoms with Crippen LogP contribution in [0.25, 0.3) is 0 Å². The van der Waals surface area contributed by atoms with Gasteiger partial charge >= 0.3 is 0 Å². The largest absolute Gasteiger partial charge is 0.282 e. The van der Waals surface area contributed by atoms with Crippen LogP contribution in [0.5, 0.6) is 0 Å². The SMILES string of the molecule is O=C(Cn1nc(C(F)F)cc1C1CC1)NN=Cc1ccc(F)s1. The first-order valence-corrected chi connectivity index (χ1v) is 7.77. The Bertz CT molecular complexity index is 736. The molecule has 0 atom stereocenters. The molecule has 1 N–H and O–H groups in total. The van der Waals surface area contributed by atoms with E-state index in [-0.39, 0.29) is 23.3 Å². The Labute approximate surface area is 133 Å². The summed E-state index contributed by atoms with van der Waals surface area (Å²) in [6, 6.07) is 4.18. The number of aromatic nitrogens is 2. The smallest absolute Gasteiger partial charge is 0.271 e. The number of hydrogen-bond acceptors (Lipinski definition) is 4. The Kier molecular flexibility index (Phi) is 4.46. The van der Waals surface area contributed by atoms with Crippen LogP contribution in [0.2, 0.25) is 0 Å². The van der Waals surface area contributed by atoms with E-state index in [9.17, 15) is 18.0 Å². The fourth-order valence-corrected chi connectivity index (χ4v) is 2.73. The van der Waals surface area contributed by atoms with Crippen LogP contribution in [-0.2, 0) is 11.3 Å². The van der Waals surface area contributed by atoms with Crippen LogP contribution < -0.4 is 5.43 Å². The first-order chi connectivity index (χ1) is 11.0. The highest BCUT2D eigenvalue weighted by Gasteiger charge is 2.30.